The highest BCUT2D eigenvalue weighted by Crippen LogP contribution is 2.31. The van der Waals surface area contributed by atoms with Gasteiger partial charge in [-0.1, -0.05) is 0 Å². The Bertz CT molecular complexity index is 994. The number of anilines is 3. The molecule has 0 aliphatic carbocycles. The van der Waals surface area contributed by atoms with Crippen molar-refractivity contribution in [2.45, 2.75) is 0 Å². The molecule has 0 spiro atoms. The number of rotatable bonds is 5. The Morgan fingerprint density at radius 1 is 1.11 bits per heavy atom. The van der Waals surface area contributed by atoms with E-state index in [0.29, 0.717) is 17.1 Å². The molecule has 138 valence electrons. The lowest BCUT2D eigenvalue weighted by Gasteiger charge is -2.12. The Balaban J connectivity index is 1.79. The summed E-state index contributed by atoms with van der Waals surface area (Å²) in [4.78, 5) is 15.6. The van der Waals surface area contributed by atoms with Crippen LogP contribution in [0.2, 0.25) is 0 Å². The van der Waals surface area contributed by atoms with Crippen molar-refractivity contribution in [3.05, 3.63) is 66.2 Å². The van der Waals surface area contributed by atoms with Crippen molar-refractivity contribution >= 4 is 23.0 Å². The van der Waals surface area contributed by atoms with Crippen LogP contribution >= 0.6 is 0 Å². The van der Waals surface area contributed by atoms with E-state index in [1.807, 2.05) is 0 Å². The fourth-order valence-corrected chi connectivity index (χ4v) is 2.32. The molecule has 0 unspecified atom stereocenters. The molecule has 0 atom stereocenters. The number of phenols is 1. The molecule has 0 saturated carbocycles. The predicted molar refractivity (Wildman–Crippen MR) is 99.9 cm³/mol. The lowest BCUT2D eigenvalue weighted by atomic mass is 10.2. The number of pyridine rings is 1. The van der Waals surface area contributed by atoms with E-state index in [0.717, 1.165) is 0 Å². The highest BCUT2D eigenvalue weighted by molar-refractivity contribution is 5.92. The molecule has 0 radical (unpaired) electrons. The van der Waals surface area contributed by atoms with E-state index in [2.05, 4.69) is 15.6 Å². The number of benzene rings is 2. The van der Waals surface area contributed by atoms with Crippen molar-refractivity contribution in [1.29, 1.82) is 0 Å². The third kappa shape index (κ3) is 4.24. The van der Waals surface area contributed by atoms with Crippen molar-refractivity contribution in [3.63, 3.8) is 0 Å². The highest BCUT2D eigenvalue weighted by Gasteiger charge is 2.10. The first-order valence-corrected chi connectivity index (χ1v) is 7.97. The van der Waals surface area contributed by atoms with Crippen molar-refractivity contribution in [1.82, 2.24) is 10.3 Å². The van der Waals surface area contributed by atoms with Gasteiger partial charge in [0, 0.05) is 31.4 Å². The molecule has 8 heteroatoms. The summed E-state index contributed by atoms with van der Waals surface area (Å²) in [7, 11) is 1.50. The summed E-state index contributed by atoms with van der Waals surface area (Å²) in [6.45, 7) is 0. The maximum atomic E-state index is 14.4. The molecule has 1 aromatic heterocycles. The van der Waals surface area contributed by atoms with Gasteiger partial charge in [-0.15, -0.1) is 0 Å². The zero-order valence-electron chi connectivity index (χ0n) is 14.4. The second kappa shape index (κ2) is 7.61. The van der Waals surface area contributed by atoms with Gasteiger partial charge in [-0.25, -0.2) is 4.39 Å². The van der Waals surface area contributed by atoms with Gasteiger partial charge in [0.1, 0.15) is 28.8 Å². The topological polar surface area (TPSA) is 110 Å². The van der Waals surface area contributed by atoms with Gasteiger partial charge in [-0.05, 0) is 30.3 Å². The van der Waals surface area contributed by atoms with Gasteiger partial charge in [0.05, 0.1) is 17.1 Å². The van der Waals surface area contributed by atoms with Crippen LogP contribution in [-0.4, -0.2) is 23.0 Å². The van der Waals surface area contributed by atoms with E-state index < -0.39 is 5.82 Å². The van der Waals surface area contributed by atoms with Crippen LogP contribution in [0.15, 0.2) is 54.7 Å². The first-order valence-electron chi connectivity index (χ1n) is 7.97. The number of nitrogens with zero attached hydrogens (tertiary/aromatic N) is 1. The van der Waals surface area contributed by atoms with Crippen LogP contribution in [0, 0.1) is 5.82 Å². The largest absolute Gasteiger partial charge is 0.508 e. The van der Waals surface area contributed by atoms with E-state index in [1.165, 1.54) is 49.6 Å². The van der Waals surface area contributed by atoms with Gasteiger partial charge < -0.3 is 26.2 Å². The van der Waals surface area contributed by atoms with Crippen molar-refractivity contribution in [3.8, 4) is 17.2 Å². The lowest BCUT2D eigenvalue weighted by molar-refractivity contribution is 0.0958. The van der Waals surface area contributed by atoms with E-state index in [4.69, 9.17) is 10.5 Å². The van der Waals surface area contributed by atoms with Crippen LogP contribution < -0.4 is 21.1 Å². The maximum Gasteiger partial charge on any atom is 0.269 e. The Hall–Kier alpha value is -3.81. The lowest BCUT2D eigenvalue weighted by Crippen LogP contribution is -2.18. The maximum absolute atomic E-state index is 14.4. The molecular weight excluding hydrogens is 351 g/mol. The minimum absolute atomic E-state index is 0.0108. The second-order valence-corrected chi connectivity index (χ2v) is 5.60. The molecule has 0 fully saturated rings. The molecular formula is C19H17FN4O3. The van der Waals surface area contributed by atoms with Crippen LogP contribution in [0.1, 0.15) is 10.5 Å². The zero-order chi connectivity index (χ0) is 19.4. The summed E-state index contributed by atoms with van der Waals surface area (Å²) in [6, 6.07) is 11.6. The Labute approximate surface area is 154 Å². The minimum atomic E-state index is -0.573. The van der Waals surface area contributed by atoms with Crippen LogP contribution in [-0.2, 0) is 0 Å². The number of hydrogen-bond acceptors (Lipinski definition) is 6. The molecule has 5 N–H and O–H groups in total. The first-order chi connectivity index (χ1) is 13.0. The van der Waals surface area contributed by atoms with Gasteiger partial charge >= 0.3 is 0 Å². The smallest absolute Gasteiger partial charge is 0.269 e. The van der Waals surface area contributed by atoms with Gasteiger partial charge in [0.2, 0.25) is 0 Å². The molecule has 0 aliphatic heterocycles. The number of aromatic hydroxyl groups is 1. The number of nitrogen functional groups attached to an aromatic ring is 1. The fraction of sp³-hybridized carbons (Fsp3) is 0.0526. The number of phenolic OH excluding ortho intramolecular Hbond substituents is 1. The summed E-state index contributed by atoms with van der Waals surface area (Å²) in [5, 5.41) is 14.8. The average molecular weight is 368 g/mol. The molecule has 1 heterocycles. The Morgan fingerprint density at radius 3 is 2.63 bits per heavy atom. The zero-order valence-corrected chi connectivity index (χ0v) is 14.4. The molecule has 0 saturated heterocycles. The van der Waals surface area contributed by atoms with Gasteiger partial charge in [-0.3, -0.25) is 9.78 Å². The predicted octanol–water partition coefficient (Wildman–Crippen LogP) is 3.40. The molecule has 0 bridgehead atoms. The van der Waals surface area contributed by atoms with Gasteiger partial charge in [0.15, 0.2) is 0 Å². The number of ether oxygens (including phenoxy) is 1. The Kier molecular flexibility index (Phi) is 5.07. The quantitative estimate of drug-likeness (QED) is 0.406. The van der Waals surface area contributed by atoms with Crippen LogP contribution in [0.5, 0.6) is 17.2 Å². The van der Waals surface area contributed by atoms with E-state index in [1.54, 1.807) is 12.1 Å². The number of aromatic nitrogens is 1. The summed E-state index contributed by atoms with van der Waals surface area (Å²) >= 11 is 0. The van der Waals surface area contributed by atoms with Crippen LogP contribution in [0.4, 0.5) is 21.5 Å². The molecule has 0 aliphatic rings. The monoisotopic (exact) mass is 368 g/mol. The standard InChI is InChI=1S/C19H17FN4O3/c1-22-19(26)18-10-13(6-7-23-18)27-12-3-5-16(14(20)9-12)24-17-8-11(25)2-4-15(17)21/h2-10,24-25H,21H2,1H3,(H,22,26). The van der Waals surface area contributed by atoms with E-state index in [9.17, 15) is 14.3 Å². The number of carbonyl (C=O) groups excluding carboxylic acids is 1. The number of carbonyl (C=O) groups is 1. The summed E-state index contributed by atoms with van der Waals surface area (Å²) in [5.74, 6) is -0.320. The third-order valence-corrected chi connectivity index (χ3v) is 3.67. The first kappa shape index (κ1) is 18.0. The van der Waals surface area contributed by atoms with Crippen molar-refractivity contribution in [2.24, 2.45) is 0 Å². The van der Waals surface area contributed by atoms with E-state index in [-0.39, 0.29) is 28.8 Å². The summed E-state index contributed by atoms with van der Waals surface area (Å²) in [6.07, 6.45) is 1.43. The Morgan fingerprint density at radius 2 is 1.89 bits per heavy atom. The molecule has 2 aromatic carbocycles. The van der Waals surface area contributed by atoms with Crippen LogP contribution in [0.25, 0.3) is 0 Å². The van der Waals surface area contributed by atoms with Gasteiger partial charge in [-0.2, -0.15) is 0 Å². The molecule has 27 heavy (non-hydrogen) atoms. The molecule has 3 aromatic rings. The van der Waals surface area contributed by atoms with Gasteiger partial charge in [0.25, 0.3) is 5.91 Å². The number of nitrogens with one attached hydrogen (secondary N) is 2. The van der Waals surface area contributed by atoms with E-state index >= 15 is 0 Å². The average Bonchev–Trinajstić information content (AvgIpc) is 2.66. The number of hydrogen-bond donors (Lipinski definition) is 4. The van der Waals surface area contributed by atoms with Crippen molar-refractivity contribution < 1.29 is 19.0 Å². The fourth-order valence-electron chi connectivity index (χ4n) is 2.32. The second-order valence-electron chi connectivity index (χ2n) is 5.60. The highest BCUT2D eigenvalue weighted by atomic mass is 19.1. The molecule has 1 amide bonds. The van der Waals surface area contributed by atoms with Crippen LogP contribution in [0.3, 0.4) is 0 Å². The third-order valence-electron chi connectivity index (χ3n) is 3.67. The SMILES string of the molecule is CNC(=O)c1cc(Oc2ccc(Nc3cc(O)ccc3N)c(F)c2)ccn1. The van der Waals surface area contributed by atoms with Crippen molar-refractivity contribution in [2.75, 3.05) is 18.1 Å². The number of halogens is 1. The number of nitrogens with two attached hydrogens (primary N) is 1. The summed E-state index contributed by atoms with van der Waals surface area (Å²) in [5.41, 5.74) is 6.91. The minimum Gasteiger partial charge on any atom is -0.508 e. The summed E-state index contributed by atoms with van der Waals surface area (Å²) < 4.78 is 20.0. The molecule has 3 rings (SSSR count). The number of amides is 1. The molecule has 7 nitrogen and oxygen atoms in total. The normalized spacial score (nSPS) is 10.3.